The van der Waals surface area contributed by atoms with E-state index in [1.54, 1.807) is 19.1 Å². The molecule has 0 aliphatic heterocycles. The summed E-state index contributed by atoms with van der Waals surface area (Å²) in [5, 5.41) is 23.2. The summed E-state index contributed by atoms with van der Waals surface area (Å²) in [7, 11) is 0. The Balaban J connectivity index is 1.53. The highest BCUT2D eigenvalue weighted by atomic mass is 19.3. The van der Waals surface area contributed by atoms with E-state index in [0.717, 1.165) is 23.1 Å². The van der Waals surface area contributed by atoms with Gasteiger partial charge in [0.1, 0.15) is 0 Å². The molecule has 3 rings (SSSR count). The Morgan fingerprint density at radius 2 is 1.86 bits per heavy atom. The molecule has 1 saturated carbocycles. The van der Waals surface area contributed by atoms with Gasteiger partial charge in [-0.2, -0.15) is 0 Å². The molecule has 0 heterocycles. The minimum absolute atomic E-state index is 0.0349. The lowest BCUT2D eigenvalue weighted by atomic mass is 9.79. The number of nitrogens with one attached hydrogen (secondary N) is 1. The molecule has 1 fully saturated rings. The zero-order chi connectivity index (χ0) is 26.5. The second-order valence-corrected chi connectivity index (χ2v) is 10.8. The molecule has 2 unspecified atom stereocenters. The van der Waals surface area contributed by atoms with E-state index in [0.29, 0.717) is 24.9 Å². The molecule has 5 nitrogen and oxygen atoms in total. The van der Waals surface area contributed by atoms with Gasteiger partial charge in [0.25, 0.3) is 0 Å². The van der Waals surface area contributed by atoms with Gasteiger partial charge in [-0.05, 0) is 81.2 Å². The monoisotopic (exact) mass is 503 g/mol. The molecule has 0 radical (unpaired) electrons. The smallest absolute Gasteiger partial charge is 0.335 e. The van der Waals surface area contributed by atoms with Gasteiger partial charge in [-0.15, -0.1) is 0 Å². The van der Waals surface area contributed by atoms with Crippen molar-refractivity contribution >= 4 is 5.97 Å². The van der Waals surface area contributed by atoms with E-state index in [1.165, 1.54) is 0 Å². The standard InChI is InChI=1S/C29H39F2NO4/c1-19-15-22(9-10-24(19)27(34)35)26-8-6-5-7-25(26)20(2)36-18-23(33)17-32-28(3,4)16-21-11-13-29(30,31)14-12-21/h5-10,15,20-21,23,32-33H,11-14,16-18H2,1-4H3,(H,34,35). The van der Waals surface area contributed by atoms with E-state index in [4.69, 9.17) is 4.74 Å². The number of benzene rings is 2. The molecule has 0 aromatic heterocycles. The molecule has 7 heteroatoms. The van der Waals surface area contributed by atoms with E-state index >= 15 is 0 Å². The summed E-state index contributed by atoms with van der Waals surface area (Å²) < 4.78 is 32.9. The highest BCUT2D eigenvalue weighted by molar-refractivity contribution is 5.90. The summed E-state index contributed by atoms with van der Waals surface area (Å²) in [6, 6.07) is 13.1. The van der Waals surface area contributed by atoms with Crippen LogP contribution >= 0.6 is 0 Å². The van der Waals surface area contributed by atoms with Crippen LogP contribution in [0.15, 0.2) is 42.5 Å². The molecule has 0 bridgehead atoms. The number of aliphatic hydroxyl groups is 1. The first-order valence-corrected chi connectivity index (χ1v) is 12.7. The zero-order valence-electron chi connectivity index (χ0n) is 21.7. The molecule has 0 saturated heterocycles. The topological polar surface area (TPSA) is 78.8 Å². The van der Waals surface area contributed by atoms with Gasteiger partial charge in [-0.25, -0.2) is 13.6 Å². The molecule has 3 N–H and O–H groups in total. The van der Waals surface area contributed by atoms with Crippen molar-refractivity contribution in [2.75, 3.05) is 13.2 Å². The molecule has 1 aliphatic rings. The average molecular weight is 504 g/mol. The van der Waals surface area contributed by atoms with E-state index in [1.807, 2.05) is 51.1 Å². The third kappa shape index (κ3) is 7.82. The molecule has 198 valence electrons. The van der Waals surface area contributed by atoms with Gasteiger partial charge in [0, 0.05) is 24.9 Å². The van der Waals surface area contributed by atoms with Crippen LogP contribution < -0.4 is 5.32 Å². The number of hydrogen-bond donors (Lipinski definition) is 3. The number of ether oxygens (including phenoxy) is 1. The maximum Gasteiger partial charge on any atom is 0.335 e. The number of carbonyl (C=O) groups is 1. The van der Waals surface area contributed by atoms with Crippen LogP contribution in [0, 0.1) is 12.8 Å². The van der Waals surface area contributed by atoms with E-state index in [2.05, 4.69) is 5.32 Å². The lowest BCUT2D eigenvalue weighted by Gasteiger charge is -2.35. The van der Waals surface area contributed by atoms with Gasteiger partial charge in [0.15, 0.2) is 0 Å². The maximum atomic E-state index is 13.4. The Morgan fingerprint density at radius 1 is 1.19 bits per heavy atom. The fourth-order valence-electron chi connectivity index (χ4n) is 5.08. The van der Waals surface area contributed by atoms with Crippen molar-refractivity contribution in [3.63, 3.8) is 0 Å². The Hall–Kier alpha value is -2.35. The van der Waals surface area contributed by atoms with Crippen molar-refractivity contribution in [2.45, 2.75) is 83.5 Å². The molecule has 2 atom stereocenters. The van der Waals surface area contributed by atoms with Crippen LogP contribution in [0.4, 0.5) is 8.78 Å². The van der Waals surface area contributed by atoms with Gasteiger partial charge in [-0.3, -0.25) is 0 Å². The van der Waals surface area contributed by atoms with Crippen LogP contribution in [-0.2, 0) is 4.74 Å². The third-order valence-electron chi connectivity index (χ3n) is 7.16. The van der Waals surface area contributed by atoms with Gasteiger partial charge < -0.3 is 20.3 Å². The highest BCUT2D eigenvalue weighted by Crippen LogP contribution is 2.39. The second-order valence-electron chi connectivity index (χ2n) is 10.8. The minimum Gasteiger partial charge on any atom is -0.478 e. The van der Waals surface area contributed by atoms with Crippen molar-refractivity contribution in [2.24, 2.45) is 5.92 Å². The number of halogens is 2. The Morgan fingerprint density at radius 3 is 2.50 bits per heavy atom. The fourth-order valence-corrected chi connectivity index (χ4v) is 5.08. The summed E-state index contributed by atoms with van der Waals surface area (Å²) in [4.78, 5) is 11.4. The maximum absolute atomic E-state index is 13.4. The molecule has 2 aromatic rings. The number of β-amino-alcohol motifs (C(OH)–C–C–N with tert-alkyl or cyclic N) is 1. The van der Waals surface area contributed by atoms with Crippen molar-refractivity contribution in [3.05, 3.63) is 59.2 Å². The number of hydrogen-bond acceptors (Lipinski definition) is 4. The largest absolute Gasteiger partial charge is 0.478 e. The van der Waals surface area contributed by atoms with Gasteiger partial charge >= 0.3 is 5.97 Å². The average Bonchev–Trinajstić information content (AvgIpc) is 2.82. The van der Waals surface area contributed by atoms with Crippen LogP contribution in [0.5, 0.6) is 0 Å². The zero-order valence-corrected chi connectivity index (χ0v) is 21.7. The van der Waals surface area contributed by atoms with Crippen LogP contribution in [0.1, 0.15) is 80.5 Å². The molecule has 0 spiro atoms. The Kier molecular flexibility index (Phi) is 9.25. The predicted molar refractivity (Wildman–Crippen MR) is 138 cm³/mol. The summed E-state index contributed by atoms with van der Waals surface area (Å²) >= 11 is 0. The number of aromatic carboxylic acids is 1. The summed E-state index contributed by atoms with van der Waals surface area (Å²) in [6.45, 7) is 8.29. The molecule has 36 heavy (non-hydrogen) atoms. The number of carboxylic acid groups (broad SMARTS) is 1. The second kappa shape index (κ2) is 11.8. The SMILES string of the molecule is Cc1cc(-c2ccccc2C(C)OCC(O)CNC(C)(C)CC2CCC(F)(F)CC2)ccc1C(=O)O. The van der Waals surface area contributed by atoms with Crippen LogP contribution in [-0.4, -0.2) is 46.9 Å². The number of carboxylic acids is 1. The fraction of sp³-hybridized carbons (Fsp3) is 0.552. The normalized spacial score (nSPS) is 18.1. The quantitative estimate of drug-likeness (QED) is 0.332. The minimum atomic E-state index is -2.52. The summed E-state index contributed by atoms with van der Waals surface area (Å²) in [5.41, 5.74) is 3.52. The lowest BCUT2D eigenvalue weighted by Crippen LogP contribution is -2.46. The first kappa shape index (κ1) is 28.2. The molecular weight excluding hydrogens is 464 g/mol. The van der Waals surface area contributed by atoms with Crippen molar-refractivity contribution in [1.29, 1.82) is 0 Å². The van der Waals surface area contributed by atoms with E-state index < -0.39 is 18.0 Å². The number of alkyl halides is 2. The Labute approximate surface area is 212 Å². The van der Waals surface area contributed by atoms with Crippen molar-refractivity contribution in [1.82, 2.24) is 5.32 Å². The molecular formula is C29H39F2NO4. The number of aryl methyl sites for hydroxylation is 1. The molecule has 1 aliphatic carbocycles. The Bertz CT molecular complexity index is 1030. The van der Waals surface area contributed by atoms with Crippen molar-refractivity contribution in [3.8, 4) is 11.1 Å². The molecule has 0 amide bonds. The van der Waals surface area contributed by atoms with E-state index in [9.17, 15) is 23.8 Å². The number of aliphatic hydroxyl groups excluding tert-OH is 1. The number of rotatable bonds is 11. The van der Waals surface area contributed by atoms with Crippen LogP contribution in [0.2, 0.25) is 0 Å². The highest BCUT2D eigenvalue weighted by Gasteiger charge is 2.36. The lowest BCUT2D eigenvalue weighted by molar-refractivity contribution is -0.0491. The summed E-state index contributed by atoms with van der Waals surface area (Å²) in [6.07, 6.45) is 0.803. The first-order valence-electron chi connectivity index (χ1n) is 12.7. The van der Waals surface area contributed by atoms with Crippen LogP contribution in [0.3, 0.4) is 0 Å². The van der Waals surface area contributed by atoms with Crippen LogP contribution in [0.25, 0.3) is 11.1 Å². The third-order valence-corrected chi connectivity index (χ3v) is 7.16. The van der Waals surface area contributed by atoms with Crippen molar-refractivity contribution < 1.29 is 28.5 Å². The summed E-state index contributed by atoms with van der Waals surface area (Å²) in [5.74, 6) is -3.20. The van der Waals surface area contributed by atoms with Gasteiger partial charge in [0.2, 0.25) is 5.92 Å². The predicted octanol–water partition coefficient (Wildman–Crippen LogP) is 6.38. The first-order chi connectivity index (χ1) is 16.9. The van der Waals surface area contributed by atoms with Gasteiger partial charge in [-0.1, -0.05) is 36.4 Å². The molecule has 2 aromatic carbocycles. The van der Waals surface area contributed by atoms with E-state index in [-0.39, 0.29) is 42.6 Å². The van der Waals surface area contributed by atoms with Gasteiger partial charge in [0.05, 0.1) is 24.4 Å².